The molecule has 2 aromatic heterocycles. The zero-order valence-electron chi connectivity index (χ0n) is 14.0. The van der Waals surface area contributed by atoms with E-state index in [9.17, 15) is 13.6 Å². The van der Waals surface area contributed by atoms with Crippen molar-refractivity contribution in [3.8, 4) is 11.5 Å². The molecule has 27 heavy (non-hydrogen) atoms. The van der Waals surface area contributed by atoms with Crippen LogP contribution in [0.2, 0.25) is 0 Å². The molecule has 0 aliphatic rings. The van der Waals surface area contributed by atoms with Crippen LogP contribution in [-0.2, 0) is 11.3 Å². The summed E-state index contributed by atoms with van der Waals surface area (Å²) in [5.41, 5.74) is 2.88. The zero-order valence-corrected chi connectivity index (χ0v) is 16.4. The quantitative estimate of drug-likeness (QED) is 0.376. The molecule has 0 aliphatic carbocycles. The van der Waals surface area contributed by atoms with Gasteiger partial charge in [-0.1, -0.05) is 27.7 Å². The molecule has 0 bridgehead atoms. The van der Waals surface area contributed by atoms with Gasteiger partial charge in [-0.25, -0.2) is 0 Å². The molecule has 3 rings (SSSR count). The van der Waals surface area contributed by atoms with Crippen LogP contribution in [0.15, 0.2) is 50.3 Å². The molecule has 0 fully saturated rings. The van der Waals surface area contributed by atoms with Gasteiger partial charge in [0.15, 0.2) is 5.62 Å². The van der Waals surface area contributed by atoms with E-state index in [4.69, 9.17) is 4.42 Å². The average molecular weight is 455 g/mol. The van der Waals surface area contributed by atoms with Crippen LogP contribution in [0.5, 0.6) is 0 Å². The van der Waals surface area contributed by atoms with E-state index in [1.165, 1.54) is 6.20 Å². The van der Waals surface area contributed by atoms with Crippen molar-refractivity contribution in [2.24, 2.45) is 0 Å². The fourth-order valence-electron chi connectivity index (χ4n) is 2.36. The molecule has 3 aromatic rings. The highest BCUT2D eigenvalue weighted by molar-refractivity contribution is 9.10. The lowest BCUT2D eigenvalue weighted by molar-refractivity contribution is 0.116. The molecular formula is C17H13BrF2N4O2S. The lowest BCUT2D eigenvalue weighted by atomic mass is 10.2. The van der Waals surface area contributed by atoms with Crippen molar-refractivity contribution in [1.82, 2.24) is 15.2 Å². The molecule has 0 radical (unpaired) electrons. The molecule has 0 spiro atoms. The normalized spacial score (nSPS) is 11.0. The SMILES string of the molecule is CN(Cc1ccc(-c2nnc(C(F)F)o2)cn1)c1ccc(Br)cc1SC=O. The van der Waals surface area contributed by atoms with Gasteiger partial charge in [0.25, 0.3) is 5.89 Å². The Morgan fingerprint density at radius 1 is 1.30 bits per heavy atom. The van der Waals surface area contributed by atoms with E-state index in [0.29, 0.717) is 12.1 Å². The van der Waals surface area contributed by atoms with Crippen molar-refractivity contribution in [2.45, 2.75) is 17.9 Å². The Morgan fingerprint density at radius 2 is 2.11 bits per heavy atom. The van der Waals surface area contributed by atoms with E-state index in [2.05, 4.69) is 31.1 Å². The summed E-state index contributed by atoms with van der Waals surface area (Å²) in [5.74, 6) is -0.723. The second-order valence-electron chi connectivity index (χ2n) is 5.47. The zero-order chi connectivity index (χ0) is 19.4. The van der Waals surface area contributed by atoms with Crippen molar-refractivity contribution in [3.05, 3.63) is 52.6 Å². The van der Waals surface area contributed by atoms with Crippen molar-refractivity contribution >= 4 is 39.0 Å². The van der Waals surface area contributed by atoms with Gasteiger partial charge in [-0.3, -0.25) is 9.78 Å². The maximum atomic E-state index is 12.5. The van der Waals surface area contributed by atoms with E-state index in [1.54, 1.807) is 12.1 Å². The van der Waals surface area contributed by atoms with Crippen LogP contribution in [0.25, 0.3) is 11.5 Å². The van der Waals surface area contributed by atoms with E-state index in [-0.39, 0.29) is 5.89 Å². The van der Waals surface area contributed by atoms with Gasteiger partial charge in [0.2, 0.25) is 5.89 Å². The van der Waals surface area contributed by atoms with Crippen molar-refractivity contribution in [3.63, 3.8) is 0 Å². The number of benzene rings is 1. The number of nitrogens with zero attached hydrogens (tertiary/aromatic N) is 4. The summed E-state index contributed by atoms with van der Waals surface area (Å²) < 4.78 is 30.9. The van der Waals surface area contributed by atoms with Gasteiger partial charge in [-0.05, 0) is 30.3 Å². The maximum Gasteiger partial charge on any atom is 0.314 e. The van der Waals surface area contributed by atoms with Crippen LogP contribution >= 0.6 is 27.7 Å². The van der Waals surface area contributed by atoms with Gasteiger partial charge in [0.05, 0.1) is 23.5 Å². The average Bonchev–Trinajstić information content (AvgIpc) is 3.13. The van der Waals surface area contributed by atoms with Gasteiger partial charge < -0.3 is 9.32 Å². The summed E-state index contributed by atoms with van der Waals surface area (Å²) in [5, 5.41) is 6.90. The summed E-state index contributed by atoms with van der Waals surface area (Å²) in [6, 6.07) is 9.12. The Hall–Kier alpha value is -2.33. The smallest absolute Gasteiger partial charge is 0.314 e. The number of carbonyl (C=O) groups excluding carboxylic acids is 1. The number of pyridine rings is 1. The molecule has 0 aliphatic heterocycles. The van der Waals surface area contributed by atoms with E-state index in [1.807, 2.05) is 30.1 Å². The second-order valence-corrected chi connectivity index (χ2v) is 7.25. The molecule has 0 N–H and O–H groups in total. The van der Waals surface area contributed by atoms with Gasteiger partial charge in [0, 0.05) is 22.6 Å². The number of carbonyl (C=O) groups is 1. The van der Waals surface area contributed by atoms with E-state index < -0.39 is 12.3 Å². The van der Waals surface area contributed by atoms with Gasteiger partial charge in [-0.2, -0.15) is 8.78 Å². The Kier molecular flexibility index (Phi) is 6.17. The fraction of sp³-hybridized carbons (Fsp3) is 0.176. The molecule has 0 amide bonds. The Bertz CT molecular complexity index is 937. The van der Waals surface area contributed by atoms with Crippen LogP contribution in [-0.4, -0.2) is 27.8 Å². The molecular weight excluding hydrogens is 442 g/mol. The molecule has 10 heteroatoms. The number of aromatic nitrogens is 3. The monoisotopic (exact) mass is 454 g/mol. The minimum Gasteiger partial charge on any atom is -0.415 e. The number of anilines is 1. The largest absolute Gasteiger partial charge is 0.415 e. The predicted molar refractivity (Wildman–Crippen MR) is 101 cm³/mol. The van der Waals surface area contributed by atoms with Crippen LogP contribution in [0, 0.1) is 0 Å². The molecule has 140 valence electrons. The minimum absolute atomic E-state index is 0.00437. The molecule has 6 nitrogen and oxygen atoms in total. The topological polar surface area (TPSA) is 72.1 Å². The number of hydrogen-bond acceptors (Lipinski definition) is 7. The summed E-state index contributed by atoms with van der Waals surface area (Å²) in [4.78, 5) is 18.0. The first-order chi connectivity index (χ1) is 13.0. The van der Waals surface area contributed by atoms with Crippen molar-refractivity contribution in [2.75, 3.05) is 11.9 Å². The first-order valence-electron chi connectivity index (χ1n) is 7.65. The number of hydrogen-bond donors (Lipinski definition) is 0. The third kappa shape index (κ3) is 4.69. The van der Waals surface area contributed by atoms with Gasteiger partial charge >= 0.3 is 6.43 Å². The Morgan fingerprint density at radius 3 is 2.74 bits per heavy atom. The lowest BCUT2D eigenvalue weighted by Crippen LogP contribution is -2.18. The first-order valence-corrected chi connectivity index (χ1v) is 9.33. The first kappa shape index (κ1) is 19.4. The number of halogens is 3. The van der Waals surface area contributed by atoms with Crippen molar-refractivity contribution in [1.29, 1.82) is 0 Å². The number of rotatable bonds is 7. The molecule has 0 unspecified atom stereocenters. The van der Waals surface area contributed by atoms with Crippen LogP contribution in [0.4, 0.5) is 14.5 Å². The van der Waals surface area contributed by atoms with Gasteiger partial charge in [0.1, 0.15) is 0 Å². The highest BCUT2D eigenvalue weighted by Gasteiger charge is 2.17. The standard InChI is InChI=1S/C17H13BrF2N4O2S/c1-24(13-5-3-11(18)6-14(13)27-9-25)8-12-4-2-10(7-21-12)16-22-23-17(26-16)15(19)20/h2-7,9,15H,8H2,1H3. The second kappa shape index (κ2) is 8.57. The predicted octanol–water partition coefficient (Wildman–Crippen LogP) is 4.75. The van der Waals surface area contributed by atoms with Crippen LogP contribution < -0.4 is 4.90 Å². The Balaban J connectivity index is 1.75. The molecule has 2 heterocycles. The minimum atomic E-state index is -2.81. The van der Waals surface area contributed by atoms with E-state index >= 15 is 0 Å². The third-order valence-electron chi connectivity index (χ3n) is 3.61. The molecule has 0 atom stereocenters. The lowest BCUT2D eigenvalue weighted by Gasteiger charge is -2.21. The summed E-state index contributed by atoms with van der Waals surface area (Å²) in [6.45, 7) is 0.487. The number of thioether (sulfide) groups is 1. The molecule has 0 saturated heterocycles. The summed E-state index contributed by atoms with van der Waals surface area (Å²) in [7, 11) is 1.89. The molecule has 0 saturated carbocycles. The number of alkyl halides is 2. The maximum absolute atomic E-state index is 12.5. The Labute approximate surface area is 166 Å². The van der Waals surface area contributed by atoms with Crippen LogP contribution in [0.3, 0.4) is 0 Å². The molecule has 1 aromatic carbocycles. The fourth-order valence-corrected chi connectivity index (χ4v) is 3.52. The third-order valence-corrected chi connectivity index (χ3v) is 4.78. The van der Waals surface area contributed by atoms with Crippen LogP contribution in [0.1, 0.15) is 18.0 Å². The van der Waals surface area contributed by atoms with E-state index in [0.717, 1.165) is 38.1 Å². The van der Waals surface area contributed by atoms with Gasteiger partial charge in [-0.15, -0.1) is 10.2 Å². The summed E-state index contributed by atoms with van der Waals surface area (Å²) >= 11 is 4.49. The van der Waals surface area contributed by atoms with Crippen molar-refractivity contribution < 1.29 is 18.0 Å². The summed E-state index contributed by atoms with van der Waals surface area (Å²) in [6.07, 6.45) is -1.31. The highest BCUT2D eigenvalue weighted by Crippen LogP contribution is 2.32. The highest BCUT2D eigenvalue weighted by atomic mass is 79.9.